The van der Waals surface area contributed by atoms with E-state index in [1.807, 2.05) is 25.1 Å². The molecule has 0 amide bonds. The molecule has 0 aliphatic rings. The highest BCUT2D eigenvalue weighted by molar-refractivity contribution is 6.31. The van der Waals surface area contributed by atoms with E-state index in [9.17, 15) is 5.11 Å². The number of unbranched alkanes of at least 4 members (excludes halogenated alkanes) is 2. The van der Waals surface area contributed by atoms with E-state index in [0.29, 0.717) is 5.02 Å². The predicted molar refractivity (Wildman–Crippen MR) is 65.3 cm³/mol. The molecule has 1 atom stereocenters. The Morgan fingerprint density at radius 3 is 2.67 bits per heavy atom. The van der Waals surface area contributed by atoms with Gasteiger partial charge in [0.05, 0.1) is 6.10 Å². The van der Waals surface area contributed by atoms with Gasteiger partial charge in [0.2, 0.25) is 0 Å². The van der Waals surface area contributed by atoms with Crippen LogP contribution in [-0.4, -0.2) is 5.11 Å². The molecule has 0 aliphatic carbocycles. The van der Waals surface area contributed by atoms with Gasteiger partial charge in [0.25, 0.3) is 0 Å². The fraction of sp³-hybridized carbons (Fsp3) is 0.538. The summed E-state index contributed by atoms with van der Waals surface area (Å²) >= 11 is 6.08. The molecule has 0 saturated carbocycles. The first kappa shape index (κ1) is 12.5. The number of aryl methyl sites for hydroxylation is 1. The van der Waals surface area contributed by atoms with Crippen molar-refractivity contribution in [2.75, 3.05) is 0 Å². The molecule has 1 unspecified atom stereocenters. The minimum absolute atomic E-state index is 0.412. The van der Waals surface area contributed by atoms with Gasteiger partial charge < -0.3 is 5.11 Å². The summed E-state index contributed by atoms with van der Waals surface area (Å²) in [6.07, 6.45) is 3.79. The van der Waals surface area contributed by atoms with Crippen molar-refractivity contribution in [1.82, 2.24) is 0 Å². The van der Waals surface area contributed by atoms with Crippen molar-refractivity contribution in [3.63, 3.8) is 0 Å². The molecule has 0 heterocycles. The van der Waals surface area contributed by atoms with Crippen molar-refractivity contribution in [1.29, 1.82) is 0 Å². The Bertz CT molecular complexity index is 309. The van der Waals surface area contributed by atoms with Crippen LogP contribution >= 0.6 is 11.6 Å². The highest BCUT2D eigenvalue weighted by Crippen LogP contribution is 2.27. The molecule has 1 rings (SSSR count). The Morgan fingerprint density at radius 1 is 1.33 bits per heavy atom. The van der Waals surface area contributed by atoms with Crippen LogP contribution in [0, 0.1) is 6.92 Å². The lowest BCUT2D eigenvalue weighted by molar-refractivity contribution is 0.163. The second-order valence-corrected chi connectivity index (χ2v) is 4.44. The summed E-state index contributed by atoms with van der Waals surface area (Å²) in [5.41, 5.74) is 1.99. The highest BCUT2D eigenvalue weighted by atomic mass is 35.5. The van der Waals surface area contributed by atoms with E-state index in [1.54, 1.807) is 0 Å². The van der Waals surface area contributed by atoms with Crippen LogP contribution in [0.4, 0.5) is 0 Å². The monoisotopic (exact) mass is 226 g/mol. The number of rotatable bonds is 5. The molecule has 84 valence electrons. The molecule has 0 spiro atoms. The zero-order chi connectivity index (χ0) is 11.3. The fourth-order valence-corrected chi connectivity index (χ4v) is 2.01. The van der Waals surface area contributed by atoms with Crippen molar-refractivity contribution < 1.29 is 5.11 Å². The van der Waals surface area contributed by atoms with Crippen molar-refractivity contribution >= 4 is 11.6 Å². The molecule has 1 aromatic carbocycles. The molecule has 0 aromatic heterocycles. The number of aliphatic hydroxyl groups is 1. The quantitative estimate of drug-likeness (QED) is 0.744. The molecule has 2 heteroatoms. The van der Waals surface area contributed by atoms with Gasteiger partial charge in [-0.05, 0) is 30.5 Å². The second-order valence-electron chi connectivity index (χ2n) is 4.04. The van der Waals surface area contributed by atoms with Crippen molar-refractivity contribution in [2.45, 2.75) is 45.6 Å². The van der Waals surface area contributed by atoms with Crippen LogP contribution in [0.1, 0.15) is 49.8 Å². The summed E-state index contributed by atoms with van der Waals surface area (Å²) in [5.74, 6) is 0. The SMILES string of the molecule is CCCCCC(O)c1ccc(C)cc1Cl. The Hall–Kier alpha value is -0.530. The Morgan fingerprint density at radius 2 is 2.07 bits per heavy atom. The number of hydrogen-bond acceptors (Lipinski definition) is 1. The molecule has 1 N–H and O–H groups in total. The summed E-state index contributed by atoms with van der Waals surface area (Å²) in [4.78, 5) is 0. The van der Waals surface area contributed by atoms with Gasteiger partial charge in [0.15, 0.2) is 0 Å². The van der Waals surface area contributed by atoms with Crippen molar-refractivity contribution in [3.05, 3.63) is 34.3 Å². The van der Waals surface area contributed by atoms with Gasteiger partial charge in [-0.25, -0.2) is 0 Å². The Balaban J connectivity index is 2.61. The highest BCUT2D eigenvalue weighted by Gasteiger charge is 2.10. The average molecular weight is 227 g/mol. The van der Waals surface area contributed by atoms with Crippen LogP contribution in [-0.2, 0) is 0 Å². The van der Waals surface area contributed by atoms with Crippen molar-refractivity contribution in [3.8, 4) is 0 Å². The van der Waals surface area contributed by atoms with Crippen LogP contribution in [0.25, 0.3) is 0 Å². The maximum atomic E-state index is 9.93. The number of aliphatic hydroxyl groups excluding tert-OH is 1. The lowest BCUT2D eigenvalue weighted by atomic mass is 10.0. The molecule has 15 heavy (non-hydrogen) atoms. The third kappa shape index (κ3) is 3.84. The van der Waals surface area contributed by atoms with Crippen LogP contribution in [0.3, 0.4) is 0 Å². The molecule has 1 aromatic rings. The van der Waals surface area contributed by atoms with Crippen molar-refractivity contribution in [2.24, 2.45) is 0 Å². The zero-order valence-electron chi connectivity index (χ0n) is 9.46. The first-order valence-corrected chi connectivity index (χ1v) is 5.97. The third-order valence-electron chi connectivity index (χ3n) is 2.60. The maximum Gasteiger partial charge on any atom is 0.0804 e. The van der Waals surface area contributed by atoms with Gasteiger partial charge in [-0.3, -0.25) is 0 Å². The molecular formula is C13H19ClO. The largest absolute Gasteiger partial charge is 0.388 e. The van der Waals surface area contributed by atoms with E-state index in [-0.39, 0.29) is 0 Å². The molecule has 0 aliphatic heterocycles. The minimum Gasteiger partial charge on any atom is -0.388 e. The van der Waals surface area contributed by atoms with Crippen LogP contribution < -0.4 is 0 Å². The first-order valence-electron chi connectivity index (χ1n) is 5.59. The molecule has 0 saturated heterocycles. The molecule has 0 radical (unpaired) electrons. The van der Waals surface area contributed by atoms with Crippen LogP contribution in [0.2, 0.25) is 5.02 Å². The van der Waals surface area contributed by atoms with E-state index in [4.69, 9.17) is 11.6 Å². The zero-order valence-corrected chi connectivity index (χ0v) is 10.2. The smallest absolute Gasteiger partial charge is 0.0804 e. The number of halogens is 1. The number of benzene rings is 1. The summed E-state index contributed by atoms with van der Waals surface area (Å²) < 4.78 is 0. The molecule has 1 nitrogen and oxygen atoms in total. The second kappa shape index (κ2) is 6.14. The van der Waals surface area contributed by atoms with E-state index in [1.165, 1.54) is 12.8 Å². The van der Waals surface area contributed by atoms with Gasteiger partial charge in [-0.15, -0.1) is 0 Å². The van der Waals surface area contributed by atoms with Crippen LogP contribution in [0.5, 0.6) is 0 Å². The lowest BCUT2D eigenvalue weighted by Gasteiger charge is -2.12. The van der Waals surface area contributed by atoms with E-state index in [0.717, 1.165) is 24.0 Å². The van der Waals surface area contributed by atoms with Gasteiger partial charge in [0, 0.05) is 5.02 Å². The van der Waals surface area contributed by atoms with E-state index < -0.39 is 6.10 Å². The van der Waals surface area contributed by atoms with Gasteiger partial charge >= 0.3 is 0 Å². The summed E-state index contributed by atoms with van der Waals surface area (Å²) in [6, 6.07) is 5.82. The summed E-state index contributed by atoms with van der Waals surface area (Å²) in [5, 5.41) is 10.6. The summed E-state index contributed by atoms with van der Waals surface area (Å²) in [6.45, 7) is 4.16. The van der Waals surface area contributed by atoms with Gasteiger partial charge in [-0.1, -0.05) is 49.9 Å². The minimum atomic E-state index is -0.412. The molecule has 0 bridgehead atoms. The van der Waals surface area contributed by atoms with E-state index >= 15 is 0 Å². The molecule has 0 fully saturated rings. The summed E-state index contributed by atoms with van der Waals surface area (Å²) in [7, 11) is 0. The fourth-order valence-electron chi connectivity index (χ4n) is 1.65. The first-order chi connectivity index (χ1) is 7.15. The lowest BCUT2D eigenvalue weighted by Crippen LogP contribution is -1.98. The average Bonchev–Trinajstić information content (AvgIpc) is 2.17. The molecular weight excluding hydrogens is 208 g/mol. The third-order valence-corrected chi connectivity index (χ3v) is 2.92. The maximum absolute atomic E-state index is 9.93. The standard InChI is InChI=1S/C13H19ClO/c1-3-4-5-6-13(15)11-8-7-10(2)9-12(11)14/h7-9,13,15H,3-6H2,1-2H3. The van der Waals surface area contributed by atoms with Gasteiger partial charge in [0.1, 0.15) is 0 Å². The topological polar surface area (TPSA) is 20.2 Å². The van der Waals surface area contributed by atoms with Crippen LogP contribution in [0.15, 0.2) is 18.2 Å². The Labute approximate surface area is 97.1 Å². The van der Waals surface area contributed by atoms with Gasteiger partial charge in [-0.2, -0.15) is 0 Å². The van der Waals surface area contributed by atoms with E-state index in [2.05, 4.69) is 6.92 Å². The Kier molecular flexibility index (Phi) is 5.13. The predicted octanol–water partition coefficient (Wildman–Crippen LogP) is 4.26. The number of hydrogen-bond donors (Lipinski definition) is 1. The normalized spacial score (nSPS) is 12.8.